The maximum Gasteiger partial charge on any atom is 0.407 e. The van der Waals surface area contributed by atoms with Crippen molar-refractivity contribution in [3.05, 3.63) is 0 Å². The molecule has 1 aliphatic heterocycles. The van der Waals surface area contributed by atoms with Crippen LogP contribution in [0.2, 0.25) is 0 Å². The fourth-order valence-electron chi connectivity index (χ4n) is 1.33. The Bertz CT molecular complexity index is 174. The van der Waals surface area contributed by atoms with Gasteiger partial charge in [0, 0.05) is 6.54 Å². The molecule has 0 spiro atoms. The molecule has 1 saturated heterocycles. The van der Waals surface area contributed by atoms with Gasteiger partial charge in [-0.15, -0.1) is 0 Å². The molecule has 5 nitrogen and oxygen atoms in total. The first-order chi connectivity index (χ1) is 5.63. The van der Waals surface area contributed by atoms with Crippen molar-refractivity contribution in [2.24, 2.45) is 5.73 Å². The first-order valence-electron chi connectivity index (χ1n) is 3.97. The van der Waals surface area contributed by atoms with Gasteiger partial charge in [0.25, 0.3) is 0 Å². The summed E-state index contributed by atoms with van der Waals surface area (Å²) in [5, 5.41) is 8.70. The van der Waals surface area contributed by atoms with E-state index in [1.807, 2.05) is 6.92 Å². The topological polar surface area (TPSA) is 75.8 Å². The van der Waals surface area contributed by atoms with Crippen molar-refractivity contribution in [3.63, 3.8) is 0 Å². The van der Waals surface area contributed by atoms with Crippen molar-refractivity contribution in [1.29, 1.82) is 0 Å². The lowest BCUT2D eigenvalue weighted by atomic mass is 10.2. The molecule has 2 unspecified atom stereocenters. The smallest absolute Gasteiger partial charge is 0.407 e. The standard InChI is InChI=1S/C7H14N2O3/c1-5-3-9(7(10)11)4-6(2-8)12-5/h5-6H,2-4,8H2,1H3,(H,10,11). The summed E-state index contributed by atoms with van der Waals surface area (Å²) < 4.78 is 5.39. The maximum atomic E-state index is 10.6. The first kappa shape index (κ1) is 9.28. The van der Waals surface area contributed by atoms with Crippen LogP contribution in [0.15, 0.2) is 0 Å². The van der Waals surface area contributed by atoms with Crippen LogP contribution in [0.5, 0.6) is 0 Å². The van der Waals surface area contributed by atoms with E-state index in [1.165, 1.54) is 4.90 Å². The number of hydrogen-bond acceptors (Lipinski definition) is 3. The van der Waals surface area contributed by atoms with E-state index in [2.05, 4.69) is 0 Å². The number of ether oxygens (including phenoxy) is 1. The highest BCUT2D eigenvalue weighted by atomic mass is 16.5. The minimum Gasteiger partial charge on any atom is -0.465 e. The molecule has 0 aromatic heterocycles. The third-order valence-electron chi connectivity index (χ3n) is 1.86. The molecule has 0 radical (unpaired) electrons. The molecular formula is C7H14N2O3. The summed E-state index contributed by atoms with van der Waals surface area (Å²) in [4.78, 5) is 11.9. The van der Waals surface area contributed by atoms with Crippen molar-refractivity contribution in [3.8, 4) is 0 Å². The molecule has 5 heteroatoms. The summed E-state index contributed by atoms with van der Waals surface area (Å²) in [6, 6.07) is 0. The molecule has 0 aliphatic carbocycles. The number of nitrogens with two attached hydrogens (primary N) is 1. The highest BCUT2D eigenvalue weighted by molar-refractivity contribution is 5.65. The highest BCUT2D eigenvalue weighted by Gasteiger charge is 2.26. The van der Waals surface area contributed by atoms with Gasteiger partial charge in [-0.1, -0.05) is 0 Å². The lowest BCUT2D eigenvalue weighted by Crippen LogP contribution is -2.50. The molecule has 0 bridgehead atoms. The van der Waals surface area contributed by atoms with Gasteiger partial charge in [0.2, 0.25) is 0 Å². The van der Waals surface area contributed by atoms with Crippen LogP contribution >= 0.6 is 0 Å². The molecule has 0 aromatic carbocycles. The Morgan fingerprint density at radius 1 is 1.75 bits per heavy atom. The maximum absolute atomic E-state index is 10.6. The van der Waals surface area contributed by atoms with Gasteiger partial charge in [-0.2, -0.15) is 0 Å². The highest BCUT2D eigenvalue weighted by Crippen LogP contribution is 2.09. The molecule has 0 aromatic rings. The molecule has 1 fully saturated rings. The third-order valence-corrected chi connectivity index (χ3v) is 1.86. The van der Waals surface area contributed by atoms with Crippen molar-refractivity contribution in [2.75, 3.05) is 19.6 Å². The number of rotatable bonds is 1. The molecular weight excluding hydrogens is 160 g/mol. The largest absolute Gasteiger partial charge is 0.465 e. The minimum atomic E-state index is -0.899. The summed E-state index contributed by atoms with van der Waals surface area (Å²) in [7, 11) is 0. The number of nitrogens with zero attached hydrogens (tertiary/aromatic N) is 1. The van der Waals surface area contributed by atoms with Crippen LogP contribution in [0.3, 0.4) is 0 Å². The molecule has 1 aliphatic rings. The van der Waals surface area contributed by atoms with E-state index in [4.69, 9.17) is 15.6 Å². The quantitative estimate of drug-likeness (QED) is 0.573. The van der Waals surface area contributed by atoms with Gasteiger partial charge in [-0.3, -0.25) is 0 Å². The van der Waals surface area contributed by atoms with Gasteiger partial charge in [0.1, 0.15) is 0 Å². The van der Waals surface area contributed by atoms with Crippen LogP contribution in [0, 0.1) is 0 Å². The van der Waals surface area contributed by atoms with Crippen LogP contribution in [0.1, 0.15) is 6.92 Å². The predicted molar refractivity (Wildman–Crippen MR) is 43.0 cm³/mol. The fourth-order valence-corrected chi connectivity index (χ4v) is 1.33. The van der Waals surface area contributed by atoms with E-state index in [0.29, 0.717) is 19.6 Å². The molecule has 1 rings (SSSR count). The molecule has 1 amide bonds. The Morgan fingerprint density at radius 3 is 2.92 bits per heavy atom. The Kier molecular flexibility index (Phi) is 2.88. The Morgan fingerprint density at radius 2 is 2.42 bits per heavy atom. The molecule has 12 heavy (non-hydrogen) atoms. The lowest BCUT2D eigenvalue weighted by molar-refractivity contribution is -0.0643. The van der Waals surface area contributed by atoms with Gasteiger partial charge in [-0.25, -0.2) is 4.79 Å². The molecule has 1 heterocycles. The second-order valence-electron chi connectivity index (χ2n) is 2.99. The monoisotopic (exact) mass is 174 g/mol. The number of carbonyl (C=O) groups is 1. The van der Waals surface area contributed by atoms with Gasteiger partial charge < -0.3 is 20.5 Å². The van der Waals surface area contributed by atoms with E-state index < -0.39 is 6.09 Å². The van der Waals surface area contributed by atoms with Crippen LogP contribution in [0.25, 0.3) is 0 Å². The molecule has 0 saturated carbocycles. The van der Waals surface area contributed by atoms with Gasteiger partial charge in [-0.05, 0) is 6.92 Å². The molecule has 2 atom stereocenters. The van der Waals surface area contributed by atoms with Gasteiger partial charge in [0.15, 0.2) is 0 Å². The predicted octanol–water partition coefficient (Wildman–Crippen LogP) is -0.288. The number of morpholine rings is 1. The van der Waals surface area contributed by atoms with Crippen molar-refractivity contribution in [1.82, 2.24) is 4.90 Å². The number of amides is 1. The average molecular weight is 174 g/mol. The summed E-state index contributed by atoms with van der Waals surface area (Å²) in [6.07, 6.45) is -1.10. The Labute approximate surface area is 71.1 Å². The Balaban J connectivity index is 2.51. The SMILES string of the molecule is CC1CN(C(=O)O)CC(CN)O1. The summed E-state index contributed by atoms with van der Waals surface area (Å²) in [5.74, 6) is 0. The number of hydrogen-bond donors (Lipinski definition) is 2. The fraction of sp³-hybridized carbons (Fsp3) is 0.857. The van der Waals surface area contributed by atoms with E-state index in [0.717, 1.165) is 0 Å². The van der Waals surface area contributed by atoms with Crippen molar-refractivity contribution >= 4 is 6.09 Å². The van der Waals surface area contributed by atoms with Crippen LogP contribution in [-0.4, -0.2) is 47.9 Å². The van der Waals surface area contributed by atoms with E-state index in [1.54, 1.807) is 0 Å². The average Bonchev–Trinajstić information content (AvgIpc) is 2.03. The third kappa shape index (κ3) is 2.09. The zero-order valence-corrected chi connectivity index (χ0v) is 7.06. The lowest BCUT2D eigenvalue weighted by Gasteiger charge is -2.34. The Hall–Kier alpha value is -0.810. The zero-order valence-electron chi connectivity index (χ0n) is 7.06. The second kappa shape index (κ2) is 3.73. The minimum absolute atomic E-state index is 0.0524. The van der Waals surface area contributed by atoms with Gasteiger partial charge >= 0.3 is 6.09 Å². The van der Waals surface area contributed by atoms with Crippen molar-refractivity contribution < 1.29 is 14.6 Å². The zero-order chi connectivity index (χ0) is 9.14. The van der Waals surface area contributed by atoms with Gasteiger partial charge in [0.05, 0.1) is 25.3 Å². The summed E-state index contributed by atoms with van der Waals surface area (Å²) in [6.45, 7) is 3.04. The first-order valence-corrected chi connectivity index (χ1v) is 3.97. The summed E-state index contributed by atoms with van der Waals surface area (Å²) >= 11 is 0. The van der Waals surface area contributed by atoms with E-state index in [9.17, 15) is 4.79 Å². The molecule has 3 N–H and O–H groups in total. The van der Waals surface area contributed by atoms with Crippen LogP contribution in [-0.2, 0) is 4.74 Å². The van der Waals surface area contributed by atoms with E-state index >= 15 is 0 Å². The second-order valence-corrected chi connectivity index (χ2v) is 2.99. The van der Waals surface area contributed by atoms with E-state index in [-0.39, 0.29) is 12.2 Å². The number of carboxylic acid groups (broad SMARTS) is 1. The summed E-state index contributed by atoms with van der Waals surface area (Å²) in [5.41, 5.74) is 5.38. The molecule has 70 valence electrons. The normalized spacial score (nSPS) is 30.3. The van der Waals surface area contributed by atoms with Crippen molar-refractivity contribution in [2.45, 2.75) is 19.1 Å². The van der Waals surface area contributed by atoms with Crippen LogP contribution < -0.4 is 5.73 Å². The van der Waals surface area contributed by atoms with Crippen LogP contribution in [0.4, 0.5) is 4.79 Å².